The number of amides is 1. The number of carbonyl (C=O) groups excluding carboxylic acids is 1. The molecule has 0 aromatic heterocycles. The number of nitrogens with one attached hydrogen (secondary N) is 1. The van der Waals surface area contributed by atoms with E-state index in [-0.39, 0.29) is 11.9 Å². The van der Waals surface area contributed by atoms with E-state index >= 15 is 0 Å². The molecule has 2 nitrogen and oxygen atoms in total. The smallest absolute Gasteiger partial charge is 0.253 e. The first-order valence-corrected chi connectivity index (χ1v) is 10.7. The fourth-order valence-corrected chi connectivity index (χ4v) is 6.58. The minimum Gasteiger partial charge on any atom is -0.349 e. The first kappa shape index (κ1) is 16.8. The van der Waals surface area contributed by atoms with Gasteiger partial charge in [-0.15, -0.1) is 11.8 Å². The molecule has 1 N–H and O–H groups in total. The average Bonchev–Trinajstić information content (AvgIpc) is 2.54. The highest BCUT2D eigenvalue weighted by Crippen LogP contribution is 2.61. The second-order valence-corrected chi connectivity index (χ2v) is 9.61. The van der Waals surface area contributed by atoms with Crippen LogP contribution in [0.1, 0.15) is 55.8 Å². The third kappa shape index (κ3) is 2.88. The Labute approximate surface area is 154 Å². The fourth-order valence-electron chi connectivity index (χ4n) is 5.94. The van der Waals surface area contributed by atoms with Gasteiger partial charge in [0.2, 0.25) is 0 Å². The molecule has 4 aliphatic rings. The summed E-state index contributed by atoms with van der Waals surface area (Å²) < 4.78 is 0. The molecule has 0 heterocycles. The lowest BCUT2D eigenvalue weighted by Crippen LogP contribution is -2.55. The lowest BCUT2D eigenvalue weighted by Gasteiger charge is -2.59. The van der Waals surface area contributed by atoms with E-state index in [0.717, 1.165) is 22.6 Å². The topological polar surface area (TPSA) is 29.1 Å². The van der Waals surface area contributed by atoms with Gasteiger partial charge in [-0.25, -0.2) is 0 Å². The zero-order chi connectivity index (χ0) is 16.9. The Balaban J connectivity index is 1.52. The van der Waals surface area contributed by atoms with Crippen molar-refractivity contribution in [1.82, 2.24) is 5.32 Å². The summed E-state index contributed by atoms with van der Waals surface area (Å²) in [6.07, 6.45) is 10.2. The Kier molecular flexibility index (Phi) is 4.37. The van der Waals surface area contributed by atoms with Crippen molar-refractivity contribution in [3.05, 3.63) is 28.8 Å². The van der Waals surface area contributed by atoms with Crippen LogP contribution in [0.5, 0.6) is 0 Å². The molecule has 5 rings (SSSR count). The van der Waals surface area contributed by atoms with Gasteiger partial charge in [-0.05, 0) is 93.1 Å². The molecule has 4 bridgehead atoms. The van der Waals surface area contributed by atoms with Gasteiger partial charge in [0.15, 0.2) is 0 Å². The SMILES string of the molecule is CSc1ccc(Cl)c(C(=O)NC(C)C23CC4CC(CC(C4)C2)C3)c1. The maximum atomic E-state index is 12.8. The van der Waals surface area contributed by atoms with Crippen LogP contribution in [0.25, 0.3) is 0 Å². The van der Waals surface area contributed by atoms with Crippen LogP contribution in [0.15, 0.2) is 23.1 Å². The summed E-state index contributed by atoms with van der Waals surface area (Å²) in [7, 11) is 0. The van der Waals surface area contributed by atoms with Crippen LogP contribution >= 0.6 is 23.4 Å². The van der Waals surface area contributed by atoms with E-state index in [9.17, 15) is 4.79 Å². The van der Waals surface area contributed by atoms with E-state index in [4.69, 9.17) is 11.6 Å². The second kappa shape index (κ2) is 6.25. The summed E-state index contributed by atoms with van der Waals surface area (Å²) in [5.74, 6) is 2.69. The molecule has 0 radical (unpaired) electrons. The minimum absolute atomic E-state index is 0.0147. The van der Waals surface area contributed by atoms with Gasteiger partial charge in [-0.2, -0.15) is 0 Å². The van der Waals surface area contributed by atoms with Crippen molar-refractivity contribution in [2.45, 2.75) is 56.4 Å². The van der Waals surface area contributed by atoms with Crippen LogP contribution < -0.4 is 5.32 Å². The number of rotatable bonds is 4. The van der Waals surface area contributed by atoms with Crippen molar-refractivity contribution in [1.29, 1.82) is 0 Å². The van der Waals surface area contributed by atoms with Crippen molar-refractivity contribution in [3.63, 3.8) is 0 Å². The number of hydrogen-bond acceptors (Lipinski definition) is 2. The quantitative estimate of drug-likeness (QED) is 0.726. The molecule has 0 saturated heterocycles. The number of halogens is 1. The molecule has 0 spiro atoms. The van der Waals surface area contributed by atoms with Gasteiger partial charge in [-0.3, -0.25) is 4.79 Å². The highest BCUT2D eigenvalue weighted by atomic mass is 35.5. The molecule has 4 fully saturated rings. The van der Waals surface area contributed by atoms with Crippen molar-refractivity contribution < 1.29 is 4.79 Å². The highest BCUT2D eigenvalue weighted by Gasteiger charge is 2.53. The maximum Gasteiger partial charge on any atom is 0.253 e. The van der Waals surface area contributed by atoms with Gasteiger partial charge in [0.25, 0.3) is 5.91 Å². The van der Waals surface area contributed by atoms with Gasteiger partial charge < -0.3 is 5.32 Å². The summed E-state index contributed by atoms with van der Waals surface area (Å²) in [6.45, 7) is 2.22. The van der Waals surface area contributed by atoms with Gasteiger partial charge in [-0.1, -0.05) is 11.6 Å². The maximum absolute atomic E-state index is 12.8. The second-order valence-electron chi connectivity index (χ2n) is 8.32. The van der Waals surface area contributed by atoms with Crippen LogP contribution in [-0.4, -0.2) is 18.2 Å². The predicted octanol–water partition coefficient (Wildman–Crippen LogP) is 5.40. The van der Waals surface area contributed by atoms with Crippen LogP contribution in [-0.2, 0) is 0 Å². The van der Waals surface area contributed by atoms with Crippen LogP contribution in [0.3, 0.4) is 0 Å². The highest BCUT2D eigenvalue weighted by molar-refractivity contribution is 7.98. The molecule has 4 aliphatic carbocycles. The predicted molar refractivity (Wildman–Crippen MR) is 101 cm³/mol. The number of benzene rings is 1. The summed E-state index contributed by atoms with van der Waals surface area (Å²) >= 11 is 7.92. The molecule has 4 heteroatoms. The third-order valence-electron chi connectivity index (χ3n) is 6.77. The molecule has 0 aliphatic heterocycles. The molecule has 1 unspecified atom stereocenters. The third-order valence-corrected chi connectivity index (χ3v) is 7.82. The molecular formula is C20H26ClNOS. The minimum atomic E-state index is -0.0147. The van der Waals surface area contributed by atoms with Gasteiger partial charge in [0.05, 0.1) is 10.6 Å². The molecule has 1 aromatic rings. The largest absolute Gasteiger partial charge is 0.349 e. The van der Waals surface area contributed by atoms with Gasteiger partial charge >= 0.3 is 0 Å². The first-order chi connectivity index (χ1) is 11.5. The monoisotopic (exact) mass is 363 g/mol. The first-order valence-electron chi connectivity index (χ1n) is 9.13. The van der Waals surface area contributed by atoms with E-state index in [1.807, 2.05) is 24.5 Å². The lowest BCUT2D eigenvalue weighted by atomic mass is 9.48. The standard InChI is InChI=1S/C20H26ClNOS/c1-12(20-9-13-5-14(10-20)7-15(6-13)11-20)22-19(23)17-8-16(24-2)3-4-18(17)21/h3-4,8,12-15H,5-7,9-11H2,1-2H3,(H,22,23). The summed E-state index contributed by atoms with van der Waals surface area (Å²) in [5.41, 5.74) is 0.939. The number of hydrogen-bond donors (Lipinski definition) is 1. The molecule has 1 aromatic carbocycles. The summed E-state index contributed by atoms with van der Waals surface area (Å²) in [5, 5.41) is 3.86. The zero-order valence-corrected chi connectivity index (χ0v) is 16.1. The Morgan fingerprint density at radius 3 is 2.33 bits per heavy atom. The van der Waals surface area contributed by atoms with E-state index in [2.05, 4.69) is 12.2 Å². The zero-order valence-electron chi connectivity index (χ0n) is 14.5. The van der Waals surface area contributed by atoms with Crippen molar-refractivity contribution in [2.75, 3.05) is 6.26 Å². The number of carbonyl (C=O) groups is 1. The molecule has 24 heavy (non-hydrogen) atoms. The Bertz CT molecular complexity index is 624. The van der Waals surface area contributed by atoms with Crippen molar-refractivity contribution in [2.24, 2.45) is 23.2 Å². The average molecular weight is 364 g/mol. The van der Waals surface area contributed by atoms with Crippen molar-refractivity contribution >= 4 is 29.3 Å². The van der Waals surface area contributed by atoms with E-state index in [1.165, 1.54) is 38.5 Å². The molecule has 1 amide bonds. The van der Waals surface area contributed by atoms with Crippen LogP contribution in [0.4, 0.5) is 0 Å². The Morgan fingerprint density at radius 1 is 1.21 bits per heavy atom. The van der Waals surface area contributed by atoms with Crippen molar-refractivity contribution in [3.8, 4) is 0 Å². The van der Waals surface area contributed by atoms with Gasteiger partial charge in [0.1, 0.15) is 0 Å². The van der Waals surface area contributed by atoms with E-state index < -0.39 is 0 Å². The van der Waals surface area contributed by atoms with E-state index in [1.54, 1.807) is 11.8 Å². The number of thioether (sulfide) groups is 1. The summed E-state index contributed by atoms with van der Waals surface area (Å²) in [4.78, 5) is 13.9. The lowest BCUT2D eigenvalue weighted by molar-refractivity contribution is -0.0688. The van der Waals surface area contributed by atoms with Crippen LogP contribution in [0.2, 0.25) is 5.02 Å². The molecule has 4 saturated carbocycles. The Hall–Kier alpha value is -0.670. The molecule has 130 valence electrons. The molecule has 1 atom stereocenters. The Morgan fingerprint density at radius 2 is 1.79 bits per heavy atom. The van der Waals surface area contributed by atoms with Gasteiger partial charge in [0, 0.05) is 10.9 Å². The van der Waals surface area contributed by atoms with Crippen LogP contribution in [0, 0.1) is 23.2 Å². The normalized spacial score (nSPS) is 35.0. The fraction of sp³-hybridized carbons (Fsp3) is 0.650. The molecular weight excluding hydrogens is 338 g/mol. The summed E-state index contributed by atoms with van der Waals surface area (Å²) in [6, 6.07) is 5.94. The van der Waals surface area contributed by atoms with E-state index in [0.29, 0.717) is 16.0 Å².